The monoisotopic (exact) mass is 370 g/mol. The fourth-order valence-electron chi connectivity index (χ4n) is 1.96. The second-order valence-corrected chi connectivity index (χ2v) is 5.40. The van der Waals surface area contributed by atoms with Crippen molar-refractivity contribution in [2.24, 2.45) is 11.8 Å². The van der Waals surface area contributed by atoms with Gasteiger partial charge >= 0.3 is 0 Å². The molecule has 0 saturated carbocycles. The summed E-state index contributed by atoms with van der Waals surface area (Å²) in [4.78, 5) is 12.1. The minimum Gasteiger partial charge on any atom is -0.501 e. The van der Waals surface area contributed by atoms with Gasteiger partial charge in [0.2, 0.25) is 0 Å². The van der Waals surface area contributed by atoms with Gasteiger partial charge in [-0.05, 0) is 25.7 Å². The topological polar surface area (TPSA) is 26.3 Å². The molecule has 4 heteroatoms. The second-order valence-electron chi connectivity index (χ2n) is 4.32. The maximum Gasteiger partial charge on any atom is 0.162 e. The van der Waals surface area contributed by atoms with E-state index in [0.29, 0.717) is 12.2 Å². The molecule has 0 aromatic heterocycles. The van der Waals surface area contributed by atoms with E-state index in [-0.39, 0.29) is 24.3 Å². The third-order valence-electron chi connectivity index (χ3n) is 3.23. The molecule has 0 rings (SSSR count). The van der Waals surface area contributed by atoms with Crippen LogP contribution in [0.15, 0.2) is 11.8 Å². The molecule has 0 spiro atoms. The van der Waals surface area contributed by atoms with Crippen molar-refractivity contribution < 1.29 is 13.9 Å². The molecular weight excluding hydrogens is 346 g/mol. The van der Waals surface area contributed by atoms with Crippen molar-refractivity contribution in [3.63, 3.8) is 0 Å². The quantitative estimate of drug-likeness (QED) is 0.248. The van der Waals surface area contributed by atoms with Gasteiger partial charge in [-0.3, -0.25) is 9.18 Å². The number of rotatable bonds is 10. The molecule has 0 aliphatic rings. The molecule has 0 aromatic rings. The van der Waals surface area contributed by atoms with Crippen LogP contribution in [0.2, 0.25) is 0 Å². The molecule has 2 nitrogen and oxygen atoms in total. The first-order valence-corrected chi connectivity index (χ1v) is 8.08. The molecule has 18 heavy (non-hydrogen) atoms. The Kier molecular flexibility index (Phi) is 10.7. The highest BCUT2D eigenvalue weighted by atomic mass is 127. The van der Waals surface area contributed by atoms with E-state index in [1.54, 1.807) is 13.2 Å². The van der Waals surface area contributed by atoms with Crippen LogP contribution in [0.25, 0.3) is 0 Å². The lowest BCUT2D eigenvalue weighted by molar-refractivity contribution is -0.118. The number of ketones is 1. The largest absolute Gasteiger partial charge is 0.501 e. The molecule has 0 aliphatic heterocycles. The van der Waals surface area contributed by atoms with Gasteiger partial charge in [0, 0.05) is 22.3 Å². The zero-order valence-electron chi connectivity index (χ0n) is 11.5. The number of halogens is 2. The van der Waals surface area contributed by atoms with Gasteiger partial charge in [0.1, 0.15) is 5.76 Å². The third kappa shape index (κ3) is 6.16. The smallest absolute Gasteiger partial charge is 0.162 e. The number of allylic oxidation sites excluding steroid dienone is 2. The van der Waals surface area contributed by atoms with Crippen molar-refractivity contribution in [1.82, 2.24) is 0 Å². The van der Waals surface area contributed by atoms with Crippen molar-refractivity contribution in [3.05, 3.63) is 11.8 Å². The first kappa shape index (κ1) is 17.9. The Morgan fingerprint density at radius 1 is 1.28 bits per heavy atom. The summed E-state index contributed by atoms with van der Waals surface area (Å²) < 4.78 is 18.7. The predicted octanol–water partition coefficient (Wildman–Crippen LogP) is 4.32. The Bertz CT molecular complexity index is 267. The van der Waals surface area contributed by atoms with E-state index in [4.69, 9.17) is 4.74 Å². The SMILES string of the molecule is CCC(CCI)C(=O)/C=C(\OC)C(CC)CCF. The number of hydrogen-bond donors (Lipinski definition) is 0. The second kappa shape index (κ2) is 10.8. The van der Waals surface area contributed by atoms with Gasteiger partial charge in [-0.15, -0.1) is 0 Å². The number of alkyl halides is 2. The normalized spacial score (nSPS) is 15.3. The number of carbonyl (C=O) groups is 1. The van der Waals surface area contributed by atoms with Gasteiger partial charge in [0.15, 0.2) is 5.78 Å². The first-order valence-electron chi connectivity index (χ1n) is 6.55. The van der Waals surface area contributed by atoms with Gasteiger partial charge in [0.05, 0.1) is 13.8 Å². The lowest BCUT2D eigenvalue weighted by Gasteiger charge is -2.17. The van der Waals surface area contributed by atoms with E-state index in [2.05, 4.69) is 22.6 Å². The highest BCUT2D eigenvalue weighted by molar-refractivity contribution is 14.1. The van der Waals surface area contributed by atoms with Crippen LogP contribution in [0.1, 0.15) is 39.5 Å². The molecule has 0 bridgehead atoms. The van der Waals surface area contributed by atoms with Crippen LogP contribution >= 0.6 is 22.6 Å². The maximum absolute atomic E-state index is 12.4. The van der Waals surface area contributed by atoms with E-state index in [1.807, 2.05) is 13.8 Å². The van der Waals surface area contributed by atoms with Crippen molar-refractivity contribution in [2.75, 3.05) is 18.2 Å². The summed E-state index contributed by atoms with van der Waals surface area (Å²) >= 11 is 2.28. The Balaban J connectivity index is 4.79. The molecule has 0 heterocycles. The van der Waals surface area contributed by atoms with Crippen LogP contribution in [0.5, 0.6) is 0 Å². The summed E-state index contributed by atoms with van der Waals surface area (Å²) in [7, 11) is 1.55. The minimum absolute atomic E-state index is 0.0149. The molecule has 0 aliphatic carbocycles. The fraction of sp³-hybridized carbons (Fsp3) is 0.786. The highest BCUT2D eigenvalue weighted by Crippen LogP contribution is 2.22. The molecule has 2 atom stereocenters. The van der Waals surface area contributed by atoms with Gasteiger partial charge in [0.25, 0.3) is 0 Å². The lowest BCUT2D eigenvalue weighted by atomic mass is 9.94. The van der Waals surface area contributed by atoms with Crippen LogP contribution in [-0.4, -0.2) is 24.0 Å². The first-order chi connectivity index (χ1) is 8.64. The van der Waals surface area contributed by atoms with E-state index >= 15 is 0 Å². The van der Waals surface area contributed by atoms with E-state index < -0.39 is 0 Å². The molecule has 0 fully saturated rings. The standard InChI is InChI=1S/C14H24FIO2/c1-4-11(7-9-16)13(17)10-14(18-3)12(5-2)6-8-15/h10-12H,4-9H2,1-3H3/b14-10-. The maximum atomic E-state index is 12.4. The number of ether oxygens (including phenoxy) is 1. The van der Waals surface area contributed by atoms with Gasteiger partial charge in [-0.25, -0.2) is 0 Å². The molecule has 2 unspecified atom stereocenters. The average Bonchev–Trinajstić information content (AvgIpc) is 2.39. The van der Waals surface area contributed by atoms with E-state index in [1.165, 1.54) is 0 Å². The van der Waals surface area contributed by atoms with Gasteiger partial charge < -0.3 is 4.74 Å². The Hall–Kier alpha value is -0.130. The average molecular weight is 370 g/mol. The predicted molar refractivity (Wildman–Crippen MR) is 81.8 cm³/mol. The van der Waals surface area contributed by atoms with Crippen LogP contribution < -0.4 is 0 Å². The van der Waals surface area contributed by atoms with Crippen LogP contribution in [0.3, 0.4) is 0 Å². The van der Waals surface area contributed by atoms with Crippen molar-refractivity contribution in [2.45, 2.75) is 39.5 Å². The molecule has 0 aromatic carbocycles. The zero-order chi connectivity index (χ0) is 14.0. The molecule has 0 N–H and O–H groups in total. The summed E-state index contributed by atoms with van der Waals surface area (Å²) in [5.74, 6) is 0.825. The molecular formula is C14H24FIO2. The molecule has 106 valence electrons. The zero-order valence-corrected chi connectivity index (χ0v) is 13.7. The van der Waals surface area contributed by atoms with Crippen molar-refractivity contribution in [3.8, 4) is 0 Å². The summed E-state index contributed by atoms with van der Waals surface area (Å²) in [6.45, 7) is 3.63. The number of methoxy groups -OCH3 is 1. The third-order valence-corrected chi connectivity index (χ3v) is 3.85. The van der Waals surface area contributed by atoms with Crippen LogP contribution in [0, 0.1) is 11.8 Å². The highest BCUT2D eigenvalue weighted by Gasteiger charge is 2.18. The Morgan fingerprint density at radius 2 is 1.89 bits per heavy atom. The van der Waals surface area contributed by atoms with E-state index in [9.17, 15) is 9.18 Å². The summed E-state index contributed by atoms with van der Waals surface area (Å²) in [6.07, 6.45) is 4.54. The van der Waals surface area contributed by atoms with Crippen molar-refractivity contribution in [1.29, 1.82) is 0 Å². The van der Waals surface area contributed by atoms with Crippen LogP contribution in [-0.2, 0) is 9.53 Å². The number of carbonyl (C=O) groups excluding carboxylic acids is 1. The van der Waals surface area contributed by atoms with Crippen LogP contribution in [0.4, 0.5) is 4.39 Å². The molecule has 0 amide bonds. The van der Waals surface area contributed by atoms with E-state index in [0.717, 1.165) is 23.7 Å². The molecule has 0 radical (unpaired) electrons. The lowest BCUT2D eigenvalue weighted by Crippen LogP contribution is -2.15. The summed E-state index contributed by atoms with van der Waals surface area (Å²) in [5, 5.41) is 0. The minimum atomic E-state index is -0.377. The fourth-order valence-corrected chi connectivity index (χ4v) is 2.71. The summed E-state index contributed by atoms with van der Waals surface area (Å²) in [5.41, 5.74) is 0. The van der Waals surface area contributed by atoms with Gasteiger partial charge in [-0.2, -0.15) is 0 Å². The van der Waals surface area contributed by atoms with Crippen molar-refractivity contribution >= 4 is 28.4 Å². The molecule has 0 saturated heterocycles. The van der Waals surface area contributed by atoms with Gasteiger partial charge in [-0.1, -0.05) is 36.4 Å². The number of hydrogen-bond acceptors (Lipinski definition) is 2. The Morgan fingerprint density at radius 3 is 2.28 bits per heavy atom. The Labute approximate surface area is 123 Å². The summed E-state index contributed by atoms with van der Waals surface area (Å²) in [6, 6.07) is 0.